The van der Waals surface area contributed by atoms with Gasteiger partial charge < -0.3 is 5.32 Å². The SMILES string of the molecule is C[S@](=O)Cc1ccccc1NCCC(C)(C)C. The van der Waals surface area contributed by atoms with Crippen LogP contribution in [0.15, 0.2) is 24.3 Å². The van der Waals surface area contributed by atoms with Crippen LogP contribution in [0, 0.1) is 5.41 Å². The van der Waals surface area contributed by atoms with Gasteiger partial charge in [0.1, 0.15) is 0 Å². The molecule has 3 heteroatoms. The molecule has 0 bridgehead atoms. The molecule has 0 aromatic heterocycles. The predicted octanol–water partition coefficient (Wildman–Crippen LogP) is 3.41. The third kappa shape index (κ3) is 5.87. The van der Waals surface area contributed by atoms with Crippen molar-refractivity contribution in [3.8, 4) is 0 Å². The Morgan fingerprint density at radius 2 is 1.88 bits per heavy atom. The quantitative estimate of drug-likeness (QED) is 0.871. The molecule has 0 aliphatic carbocycles. The summed E-state index contributed by atoms with van der Waals surface area (Å²) in [6, 6.07) is 8.12. The molecule has 0 saturated heterocycles. The van der Waals surface area contributed by atoms with Gasteiger partial charge in [-0.25, -0.2) is 0 Å². The Labute approximate surface area is 107 Å². The zero-order valence-corrected chi connectivity index (χ0v) is 12.1. The van der Waals surface area contributed by atoms with E-state index >= 15 is 0 Å². The molecule has 1 aromatic rings. The maximum atomic E-state index is 11.3. The van der Waals surface area contributed by atoms with Gasteiger partial charge in [0.15, 0.2) is 0 Å². The number of para-hydroxylation sites is 1. The molecular weight excluding hydrogens is 230 g/mol. The van der Waals surface area contributed by atoms with E-state index in [1.165, 1.54) is 0 Å². The monoisotopic (exact) mass is 253 g/mol. The van der Waals surface area contributed by atoms with Crippen LogP contribution in [0.4, 0.5) is 5.69 Å². The summed E-state index contributed by atoms with van der Waals surface area (Å²) in [6.45, 7) is 7.67. The lowest BCUT2D eigenvalue weighted by molar-refractivity contribution is 0.390. The average molecular weight is 253 g/mol. The smallest absolute Gasteiger partial charge is 0.0503 e. The van der Waals surface area contributed by atoms with Crippen LogP contribution >= 0.6 is 0 Å². The fourth-order valence-electron chi connectivity index (χ4n) is 1.61. The minimum Gasteiger partial charge on any atom is -0.385 e. The predicted molar refractivity (Wildman–Crippen MR) is 76.8 cm³/mol. The van der Waals surface area contributed by atoms with Crippen LogP contribution in [-0.4, -0.2) is 17.0 Å². The zero-order chi connectivity index (χ0) is 12.9. The van der Waals surface area contributed by atoms with Gasteiger partial charge in [0.2, 0.25) is 0 Å². The summed E-state index contributed by atoms with van der Waals surface area (Å²) in [7, 11) is -0.789. The van der Waals surface area contributed by atoms with Crippen molar-refractivity contribution < 1.29 is 4.21 Å². The maximum absolute atomic E-state index is 11.3. The van der Waals surface area contributed by atoms with Gasteiger partial charge in [-0.15, -0.1) is 0 Å². The molecule has 2 nitrogen and oxygen atoms in total. The number of hydrogen-bond acceptors (Lipinski definition) is 2. The average Bonchev–Trinajstić information content (AvgIpc) is 2.18. The van der Waals surface area contributed by atoms with E-state index in [1.807, 2.05) is 18.2 Å². The summed E-state index contributed by atoms with van der Waals surface area (Å²) < 4.78 is 11.3. The highest BCUT2D eigenvalue weighted by atomic mass is 32.2. The normalized spacial score (nSPS) is 13.4. The van der Waals surface area contributed by atoms with Crippen molar-refractivity contribution in [3.63, 3.8) is 0 Å². The third-order valence-electron chi connectivity index (χ3n) is 2.57. The van der Waals surface area contributed by atoms with Gasteiger partial charge in [0.05, 0.1) is 5.75 Å². The summed E-state index contributed by atoms with van der Waals surface area (Å²) >= 11 is 0. The van der Waals surface area contributed by atoms with Crippen molar-refractivity contribution in [2.75, 3.05) is 18.1 Å². The molecule has 0 heterocycles. The molecule has 1 rings (SSSR count). The Balaban J connectivity index is 2.61. The molecule has 1 aromatic carbocycles. The lowest BCUT2D eigenvalue weighted by Gasteiger charge is -2.19. The van der Waals surface area contributed by atoms with E-state index in [4.69, 9.17) is 0 Å². The van der Waals surface area contributed by atoms with E-state index in [-0.39, 0.29) is 0 Å². The molecule has 0 aliphatic heterocycles. The number of rotatable bonds is 5. The van der Waals surface area contributed by atoms with Crippen molar-refractivity contribution >= 4 is 16.5 Å². The van der Waals surface area contributed by atoms with Crippen LogP contribution in [0.2, 0.25) is 0 Å². The van der Waals surface area contributed by atoms with Gasteiger partial charge in [-0.3, -0.25) is 4.21 Å². The van der Waals surface area contributed by atoms with Crippen molar-refractivity contribution in [3.05, 3.63) is 29.8 Å². The fraction of sp³-hybridized carbons (Fsp3) is 0.571. The van der Waals surface area contributed by atoms with Gasteiger partial charge in [0, 0.05) is 29.3 Å². The molecule has 0 aliphatic rings. The van der Waals surface area contributed by atoms with Crippen LogP contribution in [0.5, 0.6) is 0 Å². The van der Waals surface area contributed by atoms with Crippen LogP contribution in [0.1, 0.15) is 32.8 Å². The van der Waals surface area contributed by atoms with Gasteiger partial charge in [-0.2, -0.15) is 0 Å². The third-order valence-corrected chi connectivity index (χ3v) is 3.28. The van der Waals surface area contributed by atoms with E-state index < -0.39 is 10.8 Å². The Kier molecular flexibility index (Phi) is 5.19. The Bertz CT molecular complexity index is 382. The van der Waals surface area contributed by atoms with Crippen molar-refractivity contribution in [2.45, 2.75) is 32.9 Å². The molecule has 0 amide bonds. The highest BCUT2D eigenvalue weighted by Crippen LogP contribution is 2.20. The van der Waals surface area contributed by atoms with Crippen molar-refractivity contribution in [2.24, 2.45) is 5.41 Å². The standard InChI is InChI=1S/C14H23NOS/c1-14(2,3)9-10-15-13-8-6-5-7-12(13)11-17(4)16/h5-8,15H,9-11H2,1-4H3/t17-/m0/s1. The largest absolute Gasteiger partial charge is 0.385 e. The van der Waals surface area contributed by atoms with E-state index in [0.717, 1.165) is 24.2 Å². The molecule has 0 unspecified atom stereocenters. The highest BCUT2D eigenvalue weighted by Gasteiger charge is 2.10. The Morgan fingerprint density at radius 3 is 2.47 bits per heavy atom. The lowest BCUT2D eigenvalue weighted by atomic mass is 9.92. The zero-order valence-electron chi connectivity index (χ0n) is 11.2. The molecule has 0 spiro atoms. The number of benzene rings is 1. The molecule has 17 heavy (non-hydrogen) atoms. The van der Waals surface area contributed by atoms with E-state index in [9.17, 15) is 4.21 Å². The molecule has 0 saturated carbocycles. The number of nitrogens with one attached hydrogen (secondary N) is 1. The first kappa shape index (κ1) is 14.2. The molecule has 1 atom stereocenters. The van der Waals surface area contributed by atoms with Gasteiger partial charge in [0.25, 0.3) is 0 Å². The molecule has 1 N–H and O–H groups in total. The van der Waals surface area contributed by atoms with Crippen molar-refractivity contribution in [1.82, 2.24) is 0 Å². The van der Waals surface area contributed by atoms with Crippen LogP contribution in [0.3, 0.4) is 0 Å². The molecule has 0 radical (unpaired) electrons. The summed E-state index contributed by atoms with van der Waals surface area (Å²) in [5, 5.41) is 3.44. The molecular formula is C14H23NOS. The minimum atomic E-state index is -0.789. The first-order valence-corrected chi connectivity index (χ1v) is 7.73. The number of hydrogen-bond donors (Lipinski definition) is 1. The van der Waals surface area contributed by atoms with Crippen molar-refractivity contribution in [1.29, 1.82) is 0 Å². The Morgan fingerprint density at radius 1 is 1.24 bits per heavy atom. The first-order valence-electron chi connectivity index (χ1n) is 6.00. The van der Waals surface area contributed by atoms with Gasteiger partial charge in [-0.05, 0) is 23.5 Å². The number of anilines is 1. The molecule has 96 valence electrons. The summed E-state index contributed by atoms with van der Waals surface area (Å²) in [6.07, 6.45) is 2.86. The van der Waals surface area contributed by atoms with Gasteiger partial charge >= 0.3 is 0 Å². The Hall–Kier alpha value is -0.830. The van der Waals surface area contributed by atoms with Crippen LogP contribution in [-0.2, 0) is 16.6 Å². The molecule has 0 fully saturated rings. The topological polar surface area (TPSA) is 29.1 Å². The van der Waals surface area contributed by atoms with E-state index in [0.29, 0.717) is 11.2 Å². The minimum absolute atomic E-state index is 0.343. The first-order chi connectivity index (χ1) is 7.88. The van der Waals surface area contributed by atoms with Gasteiger partial charge in [-0.1, -0.05) is 39.0 Å². The van der Waals surface area contributed by atoms with Crippen LogP contribution in [0.25, 0.3) is 0 Å². The maximum Gasteiger partial charge on any atom is 0.0503 e. The summed E-state index contributed by atoms with van der Waals surface area (Å²) in [5.41, 5.74) is 2.60. The van der Waals surface area contributed by atoms with E-state index in [2.05, 4.69) is 32.2 Å². The highest BCUT2D eigenvalue weighted by molar-refractivity contribution is 7.83. The second kappa shape index (κ2) is 6.20. The summed E-state index contributed by atoms with van der Waals surface area (Å²) in [4.78, 5) is 0. The second-order valence-corrected chi connectivity index (χ2v) is 7.05. The lowest BCUT2D eigenvalue weighted by Crippen LogP contribution is -2.13. The fourth-order valence-corrected chi connectivity index (χ4v) is 2.30. The summed E-state index contributed by atoms with van der Waals surface area (Å²) in [5.74, 6) is 0.624. The van der Waals surface area contributed by atoms with E-state index in [1.54, 1.807) is 6.26 Å². The van der Waals surface area contributed by atoms with Crippen LogP contribution < -0.4 is 5.32 Å². The second-order valence-electron chi connectivity index (χ2n) is 5.61.